The first-order valence-electron chi connectivity index (χ1n) is 5.87. The van der Waals surface area contributed by atoms with Crippen molar-refractivity contribution in [3.63, 3.8) is 0 Å². The summed E-state index contributed by atoms with van der Waals surface area (Å²) in [6, 6.07) is 4.08. The van der Waals surface area contributed by atoms with Crippen molar-refractivity contribution in [2.45, 2.75) is 32.6 Å². The van der Waals surface area contributed by atoms with E-state index in [2.05, 4.69) is 32.2 Å². The molecule has 2 rings (SSSR count). The highest BCUT2D eigenvalue weighted by atomic mass is 16.3. The average molecular weight is 207 g/mol. The number of furan rings is 1. The van der Waals surface area contributed by atoms with Gasteiger partial charge in [0.15, 0.2) is 0 Å². The summed E-state index contributed by atoms with van der Waals surface area (Å²) in [6.45, 7) is 9.02. The summed E-state index contributed by atoms with van der Waals surface area (Å²) in [5.41, 5.74) is 0.299. The van der Waals surface area contributed by atoms with E-state index >= 15 is 0 Å². The van der Waals surface area contributed by atoms with Gasteiger partial charge in [-0.15, -0.1) is 0 Å². The van der Waals surface area contributed by atoms with E-state index in [0.717, 1.165) is 30.7 Å². The molecule has 1 aromatic heterocycles. The van der Waals surface area contributed by atoms with E-state index < -0.39 is 0 Å². The minimum Gasteiger partial charge on any atom is -0.469 e. The van der Waals surface area contributed by atoms with Gasteiger partial charge in [0, 0.05) is 5.41 Å². The number of hydrogen-bond donors (Lipinski definition) is 1. The molecular weight excluding hydrogens is 186 g/mol. The molecule has 15 heavy (non-hydrogen) atoms. The van der Waals surface area contributed by atoms with E-state index in [-0.39, 0.29) is 0 Å². The van der Waals surface area contributed by atoms with Crippen LogP contribution in [0.4, 0.5) is 0 Å². The van der Waals surface area contributed by atoms with Crippen LogP contribution in [-0.4, -0.2) is 13.1 Å². The fraction of sp³-hybridized carbons (Fsp3) is 0.692. The summed E-state index contributed by atoms with van der Waals surface area (Å²) < 4.78 is 5.49. The number of hydrogen-bond acceptors (Lipinski definition) is 2. The van der Waals surface area contributed by atoms with Crippen LogP contribution >= 0.6 is 0 Å². The maximum Gasteiger partial charge on any atom is 0.109 e. The van der Waals surface area contributed by atoms with Crippen LogP contribution in [0.2, 0.25) is 0 Å². The van der Waals surface area contributed by atoms with Gasteiger partial charge in [-0.25, -0.2) is 0 Å². The summed E-state index contributed by atoms with van der Waals surface area (Å²) in [5.74, 6) is 2.64. The van der Waals surface area contributed by atoms with Crippen molar-refractivity contribution in [1.29, 1.82) is 0 Å². The van der Waals surface area contributed by atoms with Crippen LogP contribution in [0.1, 0.15) is 33.0 Å². The van der Waals surface area contributed by atoms with Crippen molar-refractivity contribution in [3.05, 3.63) is 24.2 Å². The van der Waals surface area contributed by atoms with Crippen LogP contribution in [0, 0.1) is 11.8 Å². The molecule has 1 saturated carbocycles. The van der Waals surface area contributed by atoms with E-state index in [1.807, 2.05) is 6.07 Å². The molecule has 0 aromatic carbocycles. The molecule has 1 fully saturated rings. The van der Waals surface area contributed by atoms with Gasteiger partial charge in [0.05, 0.1) is 6.26 Å². The highest BCUT2D eigenvalue weighted by Gasteiger charge is 2.52. The Morgan fingerprint density at radius 2 is 2.40 bits per heavy atom. The van der Waals surface area contributed by atoms with Gasteiger partial charge in [-0.1, -0.05) is 20.8 Å². The van der Waals surface area contributed by atoms with Crippen molar-refractivity contribution in [3.8, 4) is 0 Å². The van der Waals surface area contributed by atoms with Gasteiger partial charge < -0.3 is 9.73 Å². The third-order valence-corrected chi connectivity index (χ3v) is 3.44. The Hall–Kier alpha value is -0.760. The lowest BCUT2D eigenvalue weighted by molar-refractivity contribution is 0.436. The zero-order chi connectivity index (χ0) is 10.9. The van der Waals surface area contributed by atoms with Crippen LogP contribution < -0.4 is 5.32 Å². The molecule has 84 valence electrons. The SMILES string of the molecule is CC(C)CNCC1CC1(C)c1ccco1. The molecule has 0 spiro atoms. The van der Waals surface area contributed by atoms with Crippen molar-refractivity contribution in [2.75, 3.05) is 13.1 Å². The Labute approximate surface area is 92.1 Å². The van der Waals surface area contributed by atoms with Crippen LogP contribution in [0.15, 0.2) is 22.8 Å². The predicted molar refractivity (Wildman–Crippen MR) is 61.9 cm³/mol. The van der Waals surface area contributed by atoms with Crippen LogP contribution in [-0.2, 0) is 5.41 Å². The largest absolute Gasteiger partial charge is 0.469 e. The third kappa shape index (κ3) is 2.25. The summed E-state index contributed by atoms with van der Waals surface area (Å²) in [6.07, 6.45) is 3.03. The molecule has 1 N–H and O–H groups in total. The fourth-order valence-electron chi connectivity index (χ4n) is 2.20. The Kier molecular flexibility index (Phi) is 2.87. The van der Waals surface area contributed by atoms with Crippen molar-refractivity contribution >= 4 is 0 Å². The average Bonchev–Trinajstić information content (AvgIpc) is 2.68. The van der Waals surface area contributed by atoms with Crippen molar-refractivity contribution in [1.82, 2.24) is 5.32 Å². The minimum absolute atomic E-state index is 0.299. The second kappa shape index (κ2) is 4.01. The second-order valence-corrected chi connectivity index (χ2v) is 5.35. The van der Waals surface area contributed by atoms with Crippen LogP contribution in [0.25, 0.3) is 0 Å². The highest BCUT2D eigenvalue weighted by molar-refractivity contribution is 5.24. The molecule has 0 bridgehead atoms. The van der Waals surface area contributed by atoms with Gasteiger partial charge in [-0.2, -0.15) is 0 Å². The first-order valence-corrected chi connectivity index (χ1v) is 5.87. The molecule has 1 heterocycles. The summed E-state index contributed by atoms with van der Waals surface area (Å²) in [7, 11) is 0. The summed E-state index contributed by atoms with van der Waals surface area (Å²) in [5, 5.41) is 3.52. The lowest BCUT2D eigenvalue weighted by atomic mass is 10.0. The van der Waals surface area contributed by atoms with Crippen molar-refractivity contribution < 1.29 is 4.42 Å². The first kappa shape index (κ1) is 10.7. The second-order valence-electron chi connectivity index (χ2n) is 5.35. The van der Waals surface area contributed by atoms with Gasteiger partial charge in [0.25, 0.3) is 0 Å². The van der Waals surface area contributed by atoms with E-state index in [1.165, 1.54) is 6.42 Å². The van der Waals surface area contributed by atoms with Crippen LogP contribution in [0.5, 0.6) is 0 Å². The van der Waals surface area contributed by atoms with Crippen LogP contribution in [0.3, 0.4) is 0 Å². The van der Waals surface area contributed by atoms with Gasteiger partial charge >= 0.3 is 0 Å². The van der Waals surface area contributed by atoms with Gasteiger partial charge in [-0.05, 0) is 43.5 Å². The standard InChI is InChI=1S/C13H21NO/c1-10(2)8-14-9-11-7-13(11,3)12-5-4-6-15-12/h4-6,10-11,14H,7-9H2,1-3H3. The van der Waals surface area contributed by atoms with Crippen molar-refractivity contribution in [2.24, 2.45) is 11.8 Å². The van der Waals surface area contributed by atoms with E-state index in [1.54, 1.807) is 6.26 Å². The monoisotopic (exact) mass is 207 g/mol. The van der Waals surface area contributed by atoms with Gasteiger partial charge in [-0.3, -0.25) is 0 Å². The molecule has 0 radical (unpaired) electrons. The molecule has 2 atom stereocenters. The van der Waals surface area contributed by atoms with E-state index in [0.29, 0.717) is 5.41 Å². The predicted octanol–water partition coefficient (Wildman–Crippen LogP) is 2.80. The first-order chi connectivity index (χ1) is 7.13. The Morgan fingerprint density at radius 3 is 3.00 bits per heavy atom. The Bertz CT molecular complexity index is 304. The molecule has 1 aliphatic rings. The molecule has 1 aliphatic carbocycles. The summed E-state index contributed by atoms with van der Waals surface area (Å²) in [4.78, 5) is 0. The Balaban J connectivity index is 1.80. The lowest BCUT2D eigenvalue weighted by Gasteiger charge is -2.10. The lowest BCUT2D eigenvalue weighted by Crippen LogP contribution is -2.24. The quantitative estimate of drug-likeness (QED) is 0.803. The topological polar surface area (TPSA) is 25.2 Å². The normalized spacial score (nSPS) is 29.7. The zero-order valence-electron chi connectivity index (χ0n) is 9.92. The molecule has 2 nitrogen and oxygen atoms in total. The zero-order valence-corrected chi connectivity index (χ0v) is 9.92. The van der Waals surface area contributed by atoms with E-state index in [4.69, 9.17) is 4.42 Å². The maximum atomic E-state index is 5.49. The number of nitrogens with one attached hydrogen (secondary N) is 1. The van der Waals surface area contributed by atoms with E-state index in [9.17, 15) is 0 Å². The molecule has 0 aliphatic heterocycles. The molecular formula is C13H21NO. The fourth-order valence-corrected chi connectivity index (χ4v) is 2.20. The molecule has 1 aromatic rings. The van der Waals surface area contributed by atoms with Gasteiger partial charge in [0.1, 0.15) is 5.76 Å². The smallest absolute Gasteiger partial charge is 0.109 e. The highest BCUT2D eigenvalue weighted by Crippen LogP contribution is 2.53. The van der Waals surface area contributed by atoms with Gasteiger partial charge in [0.2, 0.25) is 0 Å². The minimum atomic E-state index is 0.299. The maximum absolute atomic E-state index is 5.49. The molecule has 0 saturated heterocycles. The Morgan fingerprint density at radius 1 is 1.60 bits per heavy atom. The third-order valence-electron chi connectivity index (χ3n) is 3.44. The molecule has 2 heteroatoms. The summed E-state index contributed by atoms with van der Waals surface area (Å²) >= 11 is 0. The molecule has 0 amide bonds. The molecule has 2 unspecified atom stereocenters. The number of rotatable bonds is 5.